The predicted molar refractivity (Wildman–Crippen MR) is 43.0 cm³/mol. The van der Waals surface area contributed by atoms with Crippen LogP contribution in [0.4, 0.5) is 0 Å². The summed E-state index contributed by atoms with van der Waals surface area (Å²) >= 11 is 0. The molecule has 1 saturated carbocycles. The topological polar surface area (TPSA) is 98.0 Å². The molecule has 5 heteroatoms. The highest BCUT2D eigenvalue weighted by molar-refractivity contribution is 5.77. The number of carboxylic acids is 1. The summed E-state index contributed by atoms with van der Waals surface area (Å²) in [6.07, 6.45) is -2.45. The van der Waals surface area contributed by atoms with Gasteiger partial charge >= 0.3 is 5.97 Å². The number of carbonyl (C=O) groups is 1. The van der Waals surface area contributed by atoms with E-state index in [9.17, 15) is 20.1 Å². The maximum atomic E-state index is 10.6. The summed E-state index contributed by atoms with van der Waals surface area (Å²) in [6.45, 7) is 1.60. The van der Waals surface area contributed by atoms with E-state index in [4.69, 9.17) is 5.11 Å². The van der Waals surface area contributed by atoms with Gasteiger partial charge in [0.2, 0.25) is 0 Å². The summed E-state index contributed by atoms with van der Waals surface area (Å²) in [4.78, 5) is 10.6. The van der Waals surface area contributed by atoms with Crippen molar-refractivity contribution in [2.75, 3.05) is 0 Å². The average Bonchev–Trinajstić information content (AvgIpc) is 2.00. The van der Waals surface area contributed by atoms with Crippen LogP contribution in [0.1, 0.15) is 19.8 Å². The lowest BCUT2D eigenvalue weighted by molar-refractivity contribution is -0.177. The molecular formula is C8H14O5. The smallest absolute Gasteiger partial charge is 0.335 e. The van der Waals surface area contributed by atoms with E-state index in [1.807, 2.05) is 0 Å². The van der Waals surface area contributed by atoms with E-state index in [0.717, 1.165) is 0 Å². The number of aliphatic hydroxyl groups is 3. The summed E-state index contributed by atoms with van der Waals surface area (Å²) < 4.78 is 0. The van der Waals surface area contributed by atoms with Crippen LogP contribution >= 0.6 is 0 Å². The molecule has 0 radical (unpaired) electrons. The van der Waals surface area contributed by atoms with Gasteiger partial charge in [0.25, 0.3) is 0 Å². The van der Waals surface area contributed by atoms with Crippen LogP contribution < -0.4 is 0 Å². The van der Waals surface area contributed by atoms with Crippen LogP contribution in [0, 0.1) is 5.92 Å². The third-order valence-electron chi connectivity index (χ3n) is 2.58. The molecule has 1 aliphatic carbocycles. The first-order chi connectivity index (χ1) is 5.87. The van der Waals surface area contributed by atoms with E-state index in [1.54, 1.807) is 6.92 Å². The zero-order valence-electron chi connectivity index (χ0n) is 7.34. The SMILES string of the molecule is CC1C[C@@](O)(C(=O)O)CC(O)C1O. The summed E-state index contributed by atoms with van der Waals surface area (Å²) in [5, 5.41) is 36.8. The van der Waals surface area contributed by atoms with Crippen molar-refractivity contribution < 1.29 is 25.2 Å². The van der Waals surface area contributed by atoms with Gasteiger partial charge in [-0.25, -0.2) is 4.79 Å². The number of hydrogen-bond acceptors (Lipinski definition) is 4. The zero-order chi connectivity index (χ0) is 10.2. The highest BCUT2D eigenvalue weighted by atomic mass is 16.4. The van der Waals surface area contributed by atoms with Crippen LogP contribution in [-0.2, 0) is 4.79 Å². The van der Waals surface area contributed by atoms with Crippen molar-refractivity contribution in [2.45, 2.75) is 37.6 Å². The number of aliphatic carboxylic acids is 1. The average molecular weight is 190 g/mol. The van der Waals surface area contributed by atoms with Crippen molar-refractivity contribution in [3.8, 4) is 0 Å². The van der Waals surface area contributed by atoms with Gasteiger partial charge < -0.3 is 20.4 Å². The molecule has 0 bridgehead atoms. The van der Waals surface area contributed by atoms with E-state index in [0.29, 0.717) is 0 Å². The van der Waals surface area contributed by atoms with Gasteiger partial charge in [-0.05, 0) is 12.3 Å². The van der Waals surface area contributed by atoms with Gasteiger partial charge in [-0.15, -0.1) is 0 Å². The molecule has 76 valence electrons. The molecule has 0 amide bonds. The Morgan fingerprint density at radius 3 is 2.31 bits per heavy atom. The predicted octanol–water partition coefficient (Wildman–Crippen LogP) is -1.05. The second-order valence-electron chi connectivity index (χ2n) is 3.78. The Bertz CT molecular complexity index is 203. The maximum Gasteiger partial charge on any atom is 0.335 e. The molecule has 0 aromatic carbocycles. The van der Waals surface area contributed by atoms with E-state index in [1.165, 1.54) is 0 Å². The molecule has 1 rings (SSSR count). The molecule has 4 N–H and O–H groups in total. The van der Waals surface area contributed by atoms with E-state index < -0.39 is 29.7 Å². The summed E-state index contributed by atoms with van der Waals surface area (Å²) in [5.41, 5.74) is -1.89. The van der Waals surface area contributed by atoms with Crippen molar-refractivity contribution in [3.63, 3.8) is 0 Å². The van der Waals surface area contributed by atoms with Crippen LogP contribution in [-0.4, -0.2) is 44.2 Å². The van der Waals surface area contributed by atoms with E-state index >= 15 is 0 Å². The Kier molecular flexibility index (Phi) is 2.61. The van der Waals surface area contributed by atoms with Crippen molar-refractivity contribution in [1.82, 2.24) is 0 Å². The van der Waals surface area contributed by atoms with Gasteiger partial charge in [-0.2, -0.15) is 0 Å². The van der Waals surface area contributed by atoms with Gasteiger partial charge in [-0.3, -0.25) is 0 Å². The van der Waals surface area contributed by atoms with Gasteiger partial charge in [-0.1, -0.05) is 6.92 Å². The Hall–Kier alpha value is -0.650. The molecule has 1 fully saturated rings. The third kappa shape index (κ3) is 1.82. The minimum absolute atomic E-state index is 0.0272. The molecule has 13 heavy (non-hydrogen) atoms. The fourth-order valence-corrected chi connectivity index (χ4v) is 1.76. The lowest BCUT2D eigenvalue weighted by Crippen LogP contribution is -2.53. The maximum absolute atomic E-state index is 10.6. The first kappa shape index (κ1) is 10.4. The fraction of sp³-hybridized carbons (Fsp3) is 0.875. The van der Waals surface area contributed by atoms with Gasteiger partial charge in [0.05, 0.1) is 12.2 Å². The number of carboxylic acid groups (broad SMARTS) is 1. The quantitative estimate of drug-likeness (QED) is 0.423. The van der Waals surface area contributed by atoms with E-state index in [-0.39, 0.29) is 12.8 Å². The van der Waals surface area contributed by atoms with Crippen LogP contribution in [0.25, 0.3) is 0 Å². The van der Waals surface area contributed by atoms with Gasteiger partial charge in [0.1, 0.15) is 0 Å². The number of hydrogen-bond donors (Lipinski definition) is 4. The standard InChI is InChI=1S/C8H14O5/c1-4-2-8(13,7(11)12)3-5(9)6(4)10/h4-6,9-10,13H,2-3H2,1H3,(H,11,12)/t4?,5?,6?,8-/m0/s1. The lowest BCUT2D eigenvalue weighted by atomic mass is 9.75. The summed E-state index contributed by atoms with van der Waals surface area (Å²) in [5.74, 6) is -1.75. The summed E-state index contributed by atoms with van der Waals surface area (Å²) in [7, 11) is 0. The number of rotatable bonds is 1. The minimum atomic E-state index is -1.89. The molecule has 0 saturated heterocycles. The Morgan fingerprint density at radius 2 is 1.92 bits per heavy atom. The molecule has 5 nitrogen and oxygen atoms in total. The van der Waals surface area contributed by atoms with Crippen molar-refractivity contribution in [1.29, 1.82) is 0 Å². The lowest BCUT2D eigenvalue weighted by Gasteiger charge is -2.38. The van der Waals surface area contributed by atoms with Crippen molar-refractivity contribution in [3.05, 3.63) is 0 Å². The zero-order valence-corrected chi connectivity index (χ0v) is 7.34. The van der Waals surface area contributed by atoms with Gasteiger partial charge in [0, 0.05) is 6.42 Å². The molecule has 0 aromatic rings. The molecule has 0 aromatic heterocycles. The Morgan fingerprint density at radius 1 is 1.38 bits per heavy atom. The first-order valence-corrected chi connectivity index (χ1v) is 4.19. The first-order valence-electron chi connectivity index (χ1n) is 4.19. The largest absolute Gasteiger partial charge is 0.479 e. The number of aliphatic hydroxyl groups excluding tert-OH is 2. The molecule has 0 spiro atoms. The minimum Gasteiger partial charge on any atom is -0.479 e. The highest BCUT2D eigenvalue weighted by Gasteiger charge is 2.47. The fourth-order valence-electron chi connectivity index (χ4n) is 1.76. The Balaban J connectivity index is 2.79. The van der Waals surface area contributed by atoms with Gasteiger partial charge in [0.15, 0.2) is 5.60 Å². The van der Waals surface area contributed by atoms with Crippen LogP contribution in [0.15, 0.2) is 0 Å². The second-order valence-corrected chi connectivity index (χ2v) is 3.78. The second kappa shape index (κ2) is 3.25. The molecule has 0 heterocycles. The molecule has 3 unspecified atom stereocenters. The van der Waals surface area contributed by atoms with Crippen LogP contribution in [0.5, 0.6) is 0 Å². The normalized spacial score (nSPS) is 46.0. The summed E-state index contributed by atoms with van der Waals surface area (Å²) in [6, 6.07) is 0. The molecule has 4 atom stereocenters. The van der Waals surface area contributed by atoms with Crippen molar-refractivity contribution in [2.24, 2.45) is 5.92 Å². The monoisotopic (exact) mass is 190 g/mol. The third-order valence-corrected chi connectivity index (χ3v) is 2.58. The molecular weight excluding hydrogens is 176 g/mol. The molecule has 1 aliphatic rings. The van der Waals surface area contributed by atoms with E-state index in [2.05, 4.69) is 0 Å². The Labute approximate surface area is 75.6 Å². The highest BCUT2D eigenvalue weighted by Crippen LogP contribution is 2.32. The molecule has 0 aliphatic heterocycles. The van der Waals surface area contributed by atoms with Crippen LogP contribution in [0.2, 0.25) is 0 Å². The van der Waals surface area contributed by atoms with Crippen molar-refractivity contribution >= 4 is 5.97 Å². The van der Waals surface area contributed by atoms with Crippen LogP contribution in [0.3, 0.4) is 0 Å².